The smallest absolute Gasteiger partial charge is 0.0555 e. The van der Waals surface area contributed by atoms with E-state index in [1.54, 1.807) is 0 Å². The molecule has 1 aromatic rings. The van der Waals surface area contributed by atoms with Gasteiger partial charge in [0.1, 0.15) is 0 Å². The van der Waals surface area contributed by atoms with E-state index in [9.17, 15) is 0 Å². The molecule has 0 fully saturated rings. The Morgan fingerprint density at radius 1 is 1.57 bits per heavy atom. The van der Waals surface area contributed by atoms with Gasteiger partial charge in [0.2, 0.25) is 0 Å². The molecule has 0 aliphatic rings. The van der Waals surface area contributed by atoms with Gasteiger partial charge in [0, 0.05) is 5.02 Å². The second-order valence-electron chi connectivity index (χ2n) is 3.39. The molecule has 0 saturated heterocycles. The van der Waals surface area contributed by atoms with Gasteiger partial charge in [-0.2, -0.15) is 12.6 Å². The maximum atomic E-state index is 5.94. The Morgan fingerprint density at radius 3 is 2.79 bits per heavy atom. The first-order valence-corrected chi connectivity index (χ1v) is 5.57. The van der Waals surface area contributed by atoms with E-state index >= 15 is 0 Å². The summed E-state index contributed by atoms with van der Waals surface area (Å²) in [5.41, 5.74) is 1.12. The van der Waals surface area contributed by atoms with E-state index in [-0.39, 0.29) is 4.75 Å². The number of benzene rings is 1. The van der Waals surface area contributed by atoms with E-state index in [2.05, 4.69) is 26.1 Å². The number of hydrogen-bond donors (Lipinski definition) is 1. The van der Waals surface area contributed by atoms with Gasteiger partial charge in [-0.15, -0.1) is 6.58 Å². The van der Waals surface area contributed by atoms with Crippen molar-refractivity contribution in [1.29, 1.82) is 0 Å². The summed E-state index contributed by atoms with van der Waals surface area (Å²) in [5.74, 6) is 0. The molecule has 0 spiro atoms. The number of hydrogen-bond acceptors (Lipinski definition) is 1. The van der Waals surface area contributed by atoms with E-state index in [0.29, 0.717) is 0 Å². The molecule has 0 aliphatic heterocycles. The van der Waals surface area contributed by atoms with Crippen LogP contribution in [-0.4, -0.2) is 0 Å². The van der Waals surface area contributed by atoms with Crippen molar-refractivity contribution in [2.45, 2.75) is 24.5 Å². The predicted molar refractivity (Wildman–Crippen MR) is 67.2 cm³/mol. The zero-order valence-corrected chi connectivity index (χ0v) is 9.98. The predicted octanol–water partition coefficient (Wildman–Crippen LogP) is 4.45. The average molecular weight is 227 g/mol. The fourth-order valence-electron chi connectivity index (χ4n) is 1.50. The molecule has 0 unspecified atom stereocenters. The maximum Gasteiger partial charge on any atom is 0.0555 e. The van der Waals surface area contributed by atoms with E-state index < -0.39 is 0 Å². The van der Waals surface area contributed by atoms with Crippen LogP contribution in [0.3, 0.4) is 0 Å². The third kappa shape index (κ3) is 2.55. The largest absolute Gasteiger partial charge is 0.163 e. The minimum absolute atomic E-state index is 0.250. The van der Waals surface area contributed by atoms with Gasteiger partial charge in [0.05, 0.1) is 4.75 Å². The highest BCUT2D eigenvalue weighted by Crippen LogP contribution is 2.35. The number of thiol groups is 1. The molecule has 1 aromatic carbocycles. The summed E-state index contributed by atoms with van der Waals surface area (Å²) in [5, 5.41) is 0.749. The molecule has 0 bridgehead atoms. The molecule has 0 amide bonds. The quantitative estimate of drug-likeness (QED) is 0.569. The van der Waals surface area contributed by atoms with Gasteiger partial charge in [-0.3, -0.25) is 0 Å². The summed E-state index contributed by atoms with van der Waals surface area (Å²) in [6.07, 6.45) is 3.92. The fourth-order valence-corrected chi connectivity index (χ4v) is 2.06. The summed E-state index contributed by atoms with van der Waals surface area (Å²) >= 11 is 10.6. The van der Waals surface area contributed by atoms with Gasteiger partial charge in [0.25, 0.3) is 0 Å². The Morgan fingerprint density at radius 2 is 2.29 bits per heavy atom. The van der Waals surface area contributed by atoms with Crippen molar-refractivity contribution in [2.24, 2.45) is 0 Å². The standard InChI is InChI=1S/C12H15ClS/c1-3-8-12(14,4-2)10-6-5-7-11(13)9-10/h4-7,9,14H,2-3,8H2,1H3/t12-/m1/s1. The minimum atomic E-state index is -0.250. The van der Waals surface area contributed by atoms with Crippen LogP contribution in [0.5, 0.6) is 0 Å². The second kappa shape index (κ2) is 4.90. The molecule has 0 nitrogen and oxygen atoms in total. The third-order valence-corrected chi connectivity index (χ3v) is 3.19. The lowest BCUT2D eigenvalue weighted by Crippen LogP contribution is -2.14. The summed E-state index contributed by atoms with van der Waals surface area (Å²) in [7, 11) is 0. The van der Waals surface area contributed by atoms with Gasteiger partial charge in [-0.05, 0) is 24.1 Å². The van der Waals surface area contributed by atoms with Gasteiger partial charge < -0.3 is 0 Å². The molecular formula is C12H15ClS. The van der Waals surface area contributed by atoms with Crippen LogP contribution in [0.4, 0.5) is 0 Å². The van der Waals surface area contributed by atoms with Crippen molar-refractivity contribution in [1.82, 2.24) is 0 Å². The highest BCUT2D eigenvalue weighted by Gasteiger charge is 2.22. The Bertz CT molecular complexity index is 322. The van der Waals surface area contributed by atoms with Crippen molar-refractivity contribution in [3.05, 3.63) is 47.5 Å². The molecule has 1 atom stereocenters. The fraction of sp³-hybridized carbons (Fsp3) is 0.333. The van der Waals surface area contributed by atoms with Crippen molar-refractivity contribution in [3.8, 4) is 0 Å². The average Bonchev–Trinajstić information content (AvgIpc) is 2.18. The highest BCUT2D eigenvalue weighted by molar-refractivity contribution is 7.81. The molecule has 0 aliphatic carbocycles. The first-order chi connectivity index (χ1) is 6.62. The Balaban J connectivity index is 3.05. The van der Waals surface area contributed by atoms with Crippen LogP contribution in [0.25, 0.3) is 0 Å². The minimum Gasteiger partial charge on any atom is -0.163 e. The zero-order chi connectivity index (χ0) is 10.6. The lowest BCUT2D eigenvalue weighted by molar-refractivity contribution is 0.671. The van der Waals surface area contributed by atoms with E-state index in [4.69, 9.17) is 11.6 Å². The normalized spacial score (nSPS) is 14.8. The monoisotopic (exact) mass is 226 g/mol. The van der Waals surface area contributed by atoms with Gasteiger partial charge in [0.15, 0.2) is 0 Å². The maximum absolute atomic E-state index is 5.94. The topological polar surface area (TPSA) is 0 Å². The van der Waals surface area contributed by atoms with Crippen LogP contribution < -0.4 is 0 Å². The summed E-state index contributed by atoms with van der Waals surface area (Å²) in [6, 6.07) is 7.80. The molecule has 0 radical (unpaired) electrons. The Labute approximate surface area is 96.4 Å². The van der Waals surface area contributed by atoms with Crippen LogP contribution in [-0.2, 0) is 4.75 Å². The zero-order valence-electron chi connectivity index (χ0n) is 8.33. The van der Waals surface area contributed by atoms with Crippen molar-refractivity contribution >= 4 is 24.2 Å². The van der Waals surface area contributed by atoms with Crippen LogP contribution in [0.15, 0.2) is 36.9 Å². The first kappa shape index (κ1) is 11.7. The van der Waals surface area contributed by atoms with Gasteiger partial charge in [-0.1, -0.05) is 43.2 Å². The van der Waals surface area contributed by atoms with Crippen LogP contribution in [0.2, 0.25) is 5.02 Å². The van der Waals surface area contributed by atoms with Gasteiger partial charge in [-0.25, -0.2) is 0 Å². The van der Waals surface area contributed by atoms with Crippen molar-refractivity contribution in [3.63, 3.8) is 0 Å². The Kier molecular flexibility index (Phi) is 4.09. The molecule has 0 N–H and O–H groups in total. The second-order valence-corrected chi connectivity index (χ2v) is 4.62. The SMILES string of the molecule is C=C[C@@](S)(CCC)c1cccc(Cl)c1. The third-order valence-electron chi connectivity index (χ3n) is 2.29. The number of halogens is 1. The highest BCUT2D eigenvalue weighted by atomic mass is 35.5. The summed E-state index contributed by atoms with van der Waals surface area (Å²) < 4.78 is -0.250. The molecule has 0 aromatic heterocycles. The first-order valence-electron chi connectivity index (χ1n) is 4.74. The van der Waals surface area contributed by atoms with Crippen LogP contribution >= 0.6 is 24.2 Å². The summed E-state index contributed by atoms with van der Waals surface area (Å²) in [6.45, 7) is 5.98. The lowest BCUT2D eigenvalue weighted by atomic mass is 9.93. The molecule has 2 heteroatoms. The Hall–Kier alpha value is -0.400. The van der Waals surface area contributed by atoms with Crippen molar-refractivity contribution in [2.75, 3.05) is 0 Å². The molecule has 1 rings (SSSR count). The van der Waals surface area contributed by atoms with Crippen LogP contribution in [0, 0.1) is 0 Å². The summed E-state index contributed by atoms with van der Waals surface area (Å²) in [4.78, 5) is 0. The van der Waals surface area contributed by atoms with Gasteiger partial charge >= 0.3 is 0 Å². The molecular weight excluding hydrogens is 212 g/mol. The molecule has 76 valence electrons. The molecule has 0 heterocycles. The van der Waals surface area contributed by atoms with Crippen LogP contribution in [0.1, 0.15) is 25.3 Å². The molecule has 14 heavy (non-hydrogen) atoms. The van der Waals surface area contributed by atoms with Crippen molar-refractivity contribution < 1.29 is 0 Å². The lowest BCUT2D eigenvalue weighted by Gasteiger charge is -2.24. The van der Waals surface area contributed by atoms with E-state index in [1.165, 1.54) is 0 Å². The number of rotatable bonds is 4. The van der Waals surface area contributed by atoms with E-state index in [1.807, 2.05) is 30.3 Å². The molecule has 0 saturated carbocycles. The van der Waals surface area contributed by atoms with E-state index in [0.717, 1.165) is 23.4 Å².